The molecule has 4 heteroatoms. The molecule has 0 amide bonds. The second kappa shape index (κ2) is 6.15. The average molecular weight is 264 g/mol. The first-order valence-electron chi connectivity index (χ1n) is 6.95. The molecule has 1 aromatic carbocycles. The van der Waals surface area contributed by atoms with Crippen LogP contribution in [-0.2, 0) is 0 Å². The van der Waals surface area contributed by atoms with Crippen LogP contribution in [0.15, 0.2) is 18.2 Å². The van der Waals surface area contributed by atoms with Gasteiger partial charge in [0, 0.05) is 38.2 Å². The molecule has 1 aliphatic rings. The number of rotatable bonds is 4. The van der Waals surface area contributed by atoms with E-state index < -0.39 is 0 Å². The first-order chi connectivity index (χ1) is 9.15. The molecular formula is C15H21FN2O. The van der Waals surface area contributed by atoms with Crippen LogP contribution < -0.4 is 4.90 Å². The third kappa shape index (κ3) is 3.13. The summed E-state index contributed by atoms with van der Waals surface area (Å²) in [6, 6.07) is 4.84. The van der Waals surface area contributed by atoms with E-state index in [0.29, 0.717) is 17.7 Å². The van der Waals surface area contributed by atoms with E-state index in [1.54, 1.807) is 19.1 Å². The summed E-state index contributed by atoms with van der Waals surface area (Å²) < 4.78 is 14.1. The lowest BCUT2D eigenvalue weighted by Gasteiger charge is -2.35. The Hall–Kier alpha value is -1.42. The van der Waals surface area contributed by atoms with Crippen molar-refractivity contribution in [1.29, 1.82) is 0 Å². The van der Waals surface area contributed by atoms with Gasteiger partial charge < -0.3 is 9.80 Å². The number of piperazine rings is 1. The number of anilines is 1. The first-order valence-corrected chi connectivity index (χ1v) is 6.95. The Kier molecular flexibility index (Phi) is 4.53. The van der Waals surface area contributed by atoms with Gasteiger partial charge in [-0.15, -0.1) is 0 Å². The fourth-order valence-electron chi connectivity index (χ4n) is 2.45. The maximum atomic E-state index is 14.1. The van der Waals surface area contributed by atoms with Crippen molar-refractivity contribution in [3.05, 3.63) is 29.6 Å². The zero-order valence-corrected chi connectivity index (χ0v) is 11.7. The van der Waals surface area contributed by atoms with Crippen LogP contribution in [0.5, 0.6) is 0 Å². The van der Waals surface area contributed by atoms with E-state index in [1.807, 2.05) is 0 Å². The van der Waals surface area contributed by atoms with E-state index in [-0.39, 0.29) is 11.6 Å². The van der Waals surface area contributed by atoms with E-state index in [1.165, 1.54) is 6.07 Å². The predicted octanol–water partition coefficient (Wildman–Crippen LogP) is 2.56. The summed E-state index contributed by atoms with van der Waals surface area (Å²) in [7, 11) is 0. The van der Waals surface area contributed by atoms with Crippen LogP contribution in [0.25, 0.3) is 0 Å². The molecule has 1 fully saturated rings. The van der Waals surface area contributed by atoms with Gasteiger partial charge in [0.1, 0.15) is 5.82 Å². The fraction of sp³-hybridized carbons (Fsp3) is 0.533. The van der Waals surface area contributed by atoms with Gasteiger partial charge in [-0.2, -0.15) is 0 Å². The zero-order valence-electron chi connectivity index (χ0n) is 11.7. The summed E-state index contributed by atoms with van der Waals surface area (Å²) in [6.07, 6.45) is 0.411. The van der Waals surface area contributed by atoms with E-state index in [9.17, 15) is 9.18 Å². The molecule has 1 aromatic rings. The number of carbonyl (C=O) groups is 1. The van der Waals surface area contributed by atoms with Crippen LogP contribution in [0, 0.1) is 5.82 Å². The molecule has 1 heterocycles. The van der Waals surface area contributed by atoms with Gasteiger partial charge in [0.15, 0.2) is 5.78 Å². The molecular weight excluding hydrogens is 243 g/mol. The van der Waals surface area contributed by atoms with Gasteiger partial charge in [0.25, 0.3) is 0 Å². The Morgan fingerprint density at radius 2 is 1.89 bits per heavy atom. The number of halogens is 1. The molecule has 2 rings (SSSR count). The lowest BCUT2D eigenvalue weighted by atomic mass is 10.1. The standard InChI is InChI=1S/C15H21FN2O/c1-3-15(19)12-5-6-14(13(16)11-12)18-9-7-17(4-2)8-10-18/h5-6,11H,3-4,7-10H2,1-2H3. The minimum absolute atomic E-state index is 0.0127. The van der Waals surface area contributed by atoms with E-state index in [0.717, 1.165) is 32.7 Å². The van der Waals surface area contributed by atoms with Gasteiger partial charge in [-0.3, -0.25) is 4.79 Å². The maximum absolute atomic E-state index is 14.1. The highest BCUT2D eigenvalue weighted by Crippen LogP contribution is 2.22. The first kappa shape index (κ1) is 14.0. The molecule has 0 aliphatic carbocycles. The van der Waals surface area contributed by atoms with E-state index in [4.69, 9.17) is 0 Å². The highest BCUT2D eigenvalue weighted by Gasteiger charge is 2.19. The van der Waals surface area contributed by atoms with Crippen LogP contribution in [-0.4, -0.2) is 43.4 Å². The number of benzene rings is 1. The summed E-state index contributed by atoms with van der Waals surface area (Å²) in [4.78, 5) is 16.0. The predicted molar refractivity (Wildman–Crippen MR) is 75.3 cm³/mol. The summed E-state index contributed by atoms with van der Waals surface area (Å²) in [6.45, 7) is 8.58. The second-order valence-electron chi connectivity index (χ2n) is 4.86. The van der Waals surface area contributed by atoms with Crippen molar-refractivity contribution in [2.75, 3.05) is 37.6 Å². The van der Waals surface area contributed by atoms with Gasteiger partial charge in [-0.1, -0.05) is 13.8 Å². The van der Waals surface area contributed by atoms with Gasteiger partial charge in [-0.05, 0) is 24.7 Å². The Labute approximate surface area is 114 Å². The summed E-state index contributed by atoms with van der Waals surface area (Å²) in [5, 5.41) is 0. The molecule has 0 radical (unpaired) electrons. The van der Waals surface area contributed by atoms with Crippen LogP contribution in [0.4, 0.5) is 10.1 Å². The molecule has 0 N–H and O–H groups in total. The normalized spacial score (nSPS) is 16.7. The van der Waals surface area contributed by atoms with Crippen molar-refractivity contribution in [3.63, 3.8) is 0 Å². The number of likely N-dealkylation sites (N-methyl/N-ethyl adjacent to an activating group) is 1. The van der Waals surface area contributed by atoms with Gasteiger partial charge in [-0.25, -0.2) is 4.39 Å². The highest BCUT2D eigenvalue weighted by molar-refractivity contribution is 5.96. The largest absolute Gasteiger partial charge is 0.367 e. The highest BCUT2D eigenvalue weighted by atomic mass is 19.1. The number of hydrogen-bond acceptors (Lipinski definition) is 3. The number of nitrogens with zero attached hydrogens (tertiary/aromatic N) is 2. The lowest BCUT2D eigenvalue weighted by molar-refractivity contribution is 0.0987. The number of ketones is 1. The molecule has 104 valence electrons. The summed E-state index contributed by atoms with van der Waals surface area (Å²) in [5.74, 6) is -0.300. The zero-order chi connectivity index (χ0) is 13.8. The molecule has 0 spiro atoms. The van der Waals surface area contributed by atoms with Gasteiger partial charge in [0.2, 0.25) is 0 Å². The van der Waals surface area contributed by atoms with E-state index in [2.05, 4.69) is 16.7 Å². The van der Waals surface area contributed by atoms with Crippen molar-refractivity contribution >= 4 is 11.5 Å². The SMILES string of the molecule is CCC(=O)c1ccc(N2CCN(CC)CC2)c(F)c1. The van der Waals surface area contributed by atoms with Crippen molar-refractivity contribution in [3.8, 4) is 0 Å². The minimum Gasteiger partial charge on any atom is -0.367 e. The fourth-order valence-corrected chi connectivity index (χ4v) is 2.45. The Morgan fingerprint density at radius 3 is 2.42 bits per heavy atom. The molecule has 1 saturated heterocycles. The number of carbonyl (C=O) groups excluding carboxylic acids is 1. The molecule has 0 saturated carbocycles. The van der Waals surface area contributed by atoms with Crippen molar-refractivity contribution in [2.24, 2.45) is 0 Å². The molecule has 0 atom stereocenters. The summed E-state index contributed by atoms with van der Waals surface area (Å²) in [5.41, 5.74) is 1.08. The lowest BCUT2D eigenvalue weighted by Crippen LogP contribution is -2.46. The maximum Gasteiger partial charge on any atom is 0.162 e. The van der Waals surface area contributed by atoms with Crippen molar-refractivity contribution in [1.82, 2.24) is 4.90 Å². The topological polar surface area (TPSA) is 23.6 Å². The van der Waals surface area contributed by atoms with Crippen molar-refractivity contribution < 1.29 is 9.18 Å². The summed E-state index contributed by atoms with van der Waals surface area (Å²) >= 11 is 0. The van der Waals surface area contributed by atoms with Crippen LogP contribution in [0.3, 0.4) is 0 Å². The number of hydrogen-bond donors (Lipinski definition) is 0. The van der Waals surface area contributed by atoms with Crippen molar-refractivity contribution in [2.45, 2.75) is 20.3 Å². The second-order valence-corrected chi connectivity index (χ2v) is 4.86. The van der Waals surface area contributed by atoms with Gasteiger partial charge >= 0.3 is 0 Å². The smallest absolute Gasteiger partial charge is 0.162 e. The number of Topliss-reactive ketones (excluding diaryl/α,β-unsaturated/α-hetero) is 1. The monoisotopic (exact) mass is 264 g/mol. The third-order valence-corrected chi connectivity index (χ3v) is 3.75. The third-order valence-electron chi connectivity index (χ3n) is 3.75. The molecule has 19 heavy (non-hydrogen) atoms. The van der Waals surface area contributed by atoms with Crippen LogP contribution in [0.1, 0.15) is 30.6 Å². The molecule has 3 nitrogen and oxygen atoms in total. The Bertz CT molecular complexity index is 453. The van der Waals surface area contributed by atoms with Gasteiger partial charge in [0.05, 0.1) is 5.69 Å². The Balaban J connectivity index is 2.11. The molecule has 0 unspecified atom stereocenters. The van der Waals surface area contributed by atoms with Crippen LogP contribution in [0.2, 0.25) is 0 Å². The van der Waals surface area contributed by atoms with Crippen LogP contribution >= 0.6 is 0 Å². The molecule has 1 aliphatic heterocycles. The molecule has 0 aromatic heterocycles. The minimum atomic E-state index is -0.288. The average Bonchev–Trinajstić information content (AvgIpc) is 2.46. The molecule has 0 bridgehead atoms. The van der Waals surface area contributed by atoms with E-state index >= 15 is 0 Å². The Morgan fingerprint density at radius 1 is 1.21 bits per heavy atom. The quantitative estimate of drug-likeness (QED) is 0.781.